The molecule has 0 unspecified atom stereocenters. The van der Waals surface area contributed by atoms with E-state index >= 15 is 0 Å². The van der Waals surface area contributed by atoms with E-state index in [-0.39, 0.29) is 4.90 Å². The van der Waals surface area contributed by atoms with Gasteiger partial charge in [-0.15, -0.1) is 0 Å². The number of rotatable bonds is 5. The van der Waals surface area contributed by atoms with Crippen LogP contribution in [-0.2, 0) is 10.0 Å². The van der Waals surface area contributed by atoms with Crippen molar-refractivity contribution in [2.24, 2.45) is 0 Å². The Kier molecular flexibility index (Phi) is 4.29. The Morgan fingerprint density at radius 3 is 2.37 bits per heavy atom. The largest absolute Gasteiger partial charge is 0.497 e. The highest BCUT2D eigenvalue weighted by atomic mass is 32.2. The minimum Gasteiger partial charge on any atom is -0.497 e. The number of ether oxygens (including phenoxy) is 1. The lowest BCUT2D eigenvalue weighted by Gasteiger charge is -2.08. The van der Waals surface area contributed by atoms with Crippen molar-refractivity contribution >= 4 is 26.7 Å². The van der Waals surface area contributed by atoms with Crippen LogP contribution in [0.25, 0.3) is 22.4 Å². The van der Waals surface area contributed by atoms with Gasteiger partial charge in [-0.3, -0.25) is 4.72 Å². The van der Waals surface area contributed by atoms with Crippen molar-refractivity contribution in [3.63, 3.8) is 0 Å². The number of methoxy groups -OCH3 is 1. The lowest BCUT2D eigenvalue weighted by molar-refractivity contribution is 0.415. The molecular weight excluding hydrogens is 362 g/mol. The van der Waals surface area contributed by atoms with Gasteiger partial charge in [-0.25, -0.2) is 13.4 Å². The molecule has 6 nitrogen and oxygen atoms in total. The van der Waals surface area contributed by atoms with E-state index < -0.39 is 10.0 Å². The van der Waals surface area contributed by atoms with Gasteiger partial charge in [0.1, 0.15) is 22.0 Å². The van der Waals surface area contributed by atoms with Crippen LogP contribution in [0.3, 0.4) is 0 Å². The first-order valence-corrected chi connectivity index (χ1v) is 9.76. The molecule has 4 aromatic rings. The van der Waals surface area contributed by atoms with Gasteiger partial charge in [0.15, 0.2) is 0 Å². The molecule has 27 heavy (non-hydrogen) atoms. The van der Waals surface area contributed by atoms with Crippen molar-refractivity contribution < 1.29 is 13.2 Å². The first-order chi connectivity index (χ1) is 13.1. The van der Waals surface area contributed by atoms with E-state index in [0.717, 1.165) is 11.3 Å². The highest BCUT2D eigenvalue weighted by molar-refractivity contribution is 7.93. The average molecular weight is 379 g/mol. The monoisotopic (exact) mass is 379 g/mol. The fraction of sp³-hybridized carbons (Fsp3) is 0.0500. The number of anilines is 1. The molecule has 0 spiro atoms. The zero-order valence-corrected chi connectivity index (χ0v) is 15.3. The third-order valence-electron chi connectivity index (χ3n) is 4.15. The van der Waals surface area contributed by atoms with Gasteiger partial charge in [-0.2, -0.15) is 0 Å². The van der Waals surface area contributed by atoms with Crippen LogP contribution in [0, 0.1) is 0 Å². The Morgan fingerprint density at radius 2 is 1.67 bits per heavy atom. The average Bonchev–Trinajstić information content (AvgIpc) is 3.12. The summed E-state index contributed by atoms with van der Waals surface area (Å²) in [7, 11) is -2.17. The number of nitrogens with zero attached hydrogens (tertiary/aromatic N) is 1. The van der Waals surface area contributed by atoms with Gasteiger partial charge in [0.05, 0.1) is 12.6 Å². The number of aromatic nitrogens is 2. The maximum Gasteiger partial charge on any atom is 0.264 e. The number of H-pyrrole nitrogens is 1. The SMILES string of the molecule is COc1ccc(-c2nc3c(S(=O)(=O)Nc4ccccc4)cccc3[nH]2)cc1. The molecule has 4 rings (SSSR count). The molecule has 0 radical (unpaired) electrons. The molecule has 2 N–H and O–H groups in total. The van der Waals surface area contributed by atoms with Crippen molar-refractivity contribution in [3.05, 3.63) is 72.8 Å². The minimum absolute atomic E-state index is 0.125. The third-order valence-corrected chi connectivity index (χ3v) is 5.57. The van der Waals surface area contributed by atoms with E-state index in [1.165, 1.54) is 0 Å². The topological polar surface area (TPSA) is 84.1 Å². The fourth-order valence-corrected chi connectivity index (χ4v) is 4.05. The predicted molar refractivity (Wildman–Crippen MR) is 105 cm³/mol. The number of aromatic amines is 1. The summed E-state index contributed by atoms with van der Waals surface area (Å²) in [6, 6.07) is 21.2. The second kappa shape index (κ2) is 6.77. The van der Waals surface area contributed by atoms with Crippen LogP contribution in [0.4, 0.5) is 5.69 Å². The van der Waals surface area contributed by atoms with Gasteiger partial charge in [0, 0.05) is 11.3 Å². The van der Waals surface area contributed by atoms with Gasteiger partial charge in [-0.1, -0.05) is 24.3 Å². The Bertz CT molecular complexity index is 1180. The number of nitrogens with one attached hydrogen (secondary N) is 2. The zero-order chi connectivity index (χ0) is 18.9. The van der Waals surface area contributed by atoms with Crippen molar-refractivity contribution in [2.75, 3.05) is 11.8 Å². The molecule has 0 atom stereocenters. The summed E-state index contributed by atoms with van der Waals surface area (Å²) in [6.07, 6.45) is 0. The Labute approximate surface area is 156 Å². The van der Waals surface area contributed by atoms with Crippen LogP contribution < -0.4 is 9.46 Å². The van der Waals surface area contributed by atoms with Gasteiger partial charge in [-0.05, 0) is 48.5 Å². The summed E-state index contributed by atoms with van der Waals surface area (Å²) >= 11 is 0. The fourth-order valence-electron chi connectivity index (χ4n) is 2.82. The molecular formula is C20H17N3O3S. The molecule has 1 heterocycles. The Hall–Kier alpha value is -3.32. The number of hydrogen-bond acceptors (Lipinski definition) is 4. The van der Waals surface area contributed by atoms with Crippen molar-refractivity contribution in [2.45, 2.75) is 4.90 Å². The van der Waals surface area contributed by atoms with E-state index in [4.69, 9.17) is 4.74 Å². The quantitative estimate of drug-likeness (QED) is 0.548. The summed E-state index contributed by atoms with van der Waals surface area (Å²) < 4.78 is 33.5. The lowest BCUT2D eigenvalue weighted by Crippen LogP contribution is -2.13. The predicted octanol–water partition coefficient (Wildman–Crippen LogP) is 4.04. The molecule has 0 fully saturated rings. The van der Waals surface area contributed by atoms with Crippen LogP contribution in [0.1, 0.15) is 0 Å². The standard InChI is InChI=1S/C20H17N3O3S/c1-26-16-12-10-14(11-13-16)20-21-17-8-5-9-18(19(17)22-20)27(24,25)23-15-6-3-2-4-7-15/h2-13,23H,1H3,(H,21,22). The molecule has 1 aromatic heterocycles. The van der Waals surface area contributed by atoms with E-state index in [0.29, 0.717) is 22.5 Å². The molecule has 3 aromatic carbocycles. The Balaban J connectivity index is 1.76. The van der Waals surface area contributed by atoms with E-state index in [1.807, 2.05) is 30.3 Å². The smallest absolute Gasteiger partial charge is 0.264 e. The van der Waals surface area contributed by atoms with Crippen LogP contribution in [0.15, 0.2) is 77.7 Å². The molecule has 0 amide bonds. The maximum absolute atomic E-state index is 12.9. The van der Waals surface area contributed by atoms with Gasteiger partial charge < -0.3 is 9.72 Å². The summed E-state index contributed by atoms with van der Waals surface area (Å²) in [6.45, 7) is 0. The first kappa shape index (κ1) is 17.1. The van der Waals surface area contributed by atoms with E-state index in [9.17, 15) is 8.42 Å². The van der Waals surface area contributed by atoms with E-state index in [2.05, 4.69) is 14.7 Å². The summed E-state index contributed by atoms with van der Waals surface area (Å²) in [5.74, 6) is 1.33. The van der Waals surface area contributed by atoms with E-state index in [1.54, 1.807) is 49.6 Å². The molecule has 0 aliphatic carbocycles. The second-order valence-corrected chi connectivity index (χ2v) is 7.59. The number of imidazole rings is 1. The lowest BCUT2D eigenvalue weighted by atomic mass is 10.2. The molecule has 0 bridgehead atoms. The number of fused-ring (bicyclic) bond motifs is 1. The first-order valence-electron chi connectivity index (χ1n) is 8.28. The molecule has 0 aliphatic rings. The molecule has 136 valence electrons. The van der Waals surface area contributed by atoms with Crippen molar-refractivity contribution in [1.82, 2.24) is 9.97 Å². The van der Waals surface area contributed by atoms with Crippen molar-refractivity contribution in [1.29, 1.82) is 0 Å². The molecule has 0 aliphatic heterocycles. The van der Waals surface area contributed by atoms with Gasteiger partial charge >= 0.3 is 0 Å². The van der Waals surface area contributed by atoms with Gasteiger partial charge in [0.2, 0.25) is 0 Å². The maximum atomic E-state index is 12.9. The molecule has 7 heteroatoms. The highest BCUT2D eigenvalue weighted by Crippen LogP contribution is 2.27. The normalized spacial score (nSPS) is 11.4. The summed E-state index contributed by atoms with van der Waals surface area (Å²) in [5, 5.41) is 0. The minimum atomic E-state index is -3.77. The van der Waals surface area contributed by atoms with Gasteiger partial charge in [0.25, 0.3) is 10.0 Å². The third kappa shape index (κ3) is 3.37. The van der Waals surface area contributed by atoms with Crippen LogP contribution in [0.5, 0.6) is 5.75 Å². The Morgan fingerprint density at radius 1 is 0.926 bits per heavy atom. The molecule has 0 saturated carbocycles. The van der Waals surface area contributed by atoms with Crippen LogP contribution in [0.2, 0.25) is 0 Å². The summed E-state index contributed by atoms with van der Waals surface area (Å²) in [5.41, 5.74) is 2.38. The summed E-state index contributed by atoms with van der Waals surface area (Å²) in [4.78, 5) is 7.84. The zero-order valence-electron chi connectivity index (χ0n) is 14.5. The van der Waals surface area contributed by atoms with Crippen LogP contribution in [-0.4, -0.2) is 25.5 Å². The number of benzene rings is 3. The van der Waals surface area contributed by atoms with Crippen LogP contribution >= 0.6 is 0 Å². The molecule has 0 saturated heterocycles. The van der Waals surface area contributed by atoms with Crippen molar-refractivity contribution in [3.8, 4) is 17.1 Å². The number of sulfonamides is 1. The number of para-hydroxylation sites is 2. The second-order valence-electron chi connectivity index (χ2n) is 5.94. The highest BCUT2D eigenvalue weighted by Gasteiger charge is 2.20. The number of hydrogen-bond donors (Lipinski definition) is 2.